The van der Waals surface area contributed by atoms with E-state index in [1.807, 2.05) is 0 Å². The van der Waals surface area contributed by atoms with Crippen molar-refractivity contribution in [1.29, 1.82) is 0 Å². The maximum absolute atomic E-state index is 12.2. The van der Waals surface area contributed by atoms with Gasteiger partial charge in [0.15, 0.2) is 0 Å². The van der Waals surface area contributed by atoms with E-state index >= 15 is 0 Å². The van der Waals surface area contributed by atoms with E-state index in [4.69, 9.17) is 9.84 Å². The fraction of sp³-hybridized carbons (Fsp3) is 0.867. The van der Waals surface area contributed by atoms with Gasteiger partial charge in [0, 0.05) is 19.6 Å². The van der Waals surface area contributed by atoms with Gasteiger partial charge in [-0.15, -0.1) is 0 Å². The van der Waals surface area contributed by atoms with Crippen molar-refractivity contribution in [3.8, 4) is 0 Å². The average Bonchev–Trinajstić information content (AvgIpc) is 2.33. The number of carbonyl (C=O) groups is 2. The van der Waals surface area contributed by atoms with Crippen molar-refractivity contribution in [2.75, 3.05) is 7.11 Å². The van der Waals surface area contributed by atoms with Gasteiger partial charge in [-0.05, 0) is 31.1 Å². The number of carbonyl (C=O) groups excluding carboxylic acids is 1. The van der Waals surface area contributed by atoms with Gasteiger partial charge in [-0.2, -0.15) is 0 Å². The first-order chi connectivity index (χ1) is 9.53. The Hall–Kier alpha value is -1.10. The fourth-order valence-electron chi connectivity index (χ4n) is 3.53. The van der Waals surface area contributed by atoms with Crippen LogP contribution in [-0.4, -0.2) is 36.2 Å². The third kappa shape index (κ3) is 3.95. The summed E-state index contributed by atoms with van der Waals surface area (Å²) in [6.07, 6.45) is 7.42. The summed E-state index contributed by atoms with van der Waals surface area (Å²) in [6.45, 7) is 0. The van der Waals surface area contributed by atoms with Gasteiger partial charge in [-0.3, -0.25) is 9.59 Å². The summed E-state index contributed by atoms with van der Waals surface area (Å²) in [5.74, 6) is -0.782. The molecule has 2 N–H and O–H groups in total. The van der Waals surface area contributed by atoms with Gasteiger partial charge in [0.25, 0.3) is 0 Å². The van der Waals surface area contributed by atoms with Gasteiger partial charge in [0.1, 0.15) is 0 Å². The van der Waals surface area contributed by atoms with Gasteiger partial charge >= 0.3 is 5.97 Å². The van der Waals surface area contributed by atoms with Crippen LogP contribution in [-0.2, 0) is 14.3 Å². The molecule has 0 unspecified atom stereocenters. The maximum atomic E-state index is 12.2. The van der Waals surface area contributed by atoms with Crippen LogP contribution in [0.1, 0.15) is 57.8 Å². The average molecular weight is 283 g/mol. The minimum absolute atomic E-state index is 0.00713. The molecule has 2 rings (SSSR count). The Morgan fingerprint density at radius 3 is 2.40 bits per heavy atom. The molecule has 0 heterocycles. The highest BCUT2D eigenvalue weighted by molar-refractivity contribution is 5.78. The van der Waals surface area contributed by atoms with E-state index in [0.29, 0.717) is 6.42 Å². The second kappa shape index (κ2) is 6.57. The number of aliphatic carboxylic acids is 1. The largest absolute Gasteiger partial charge is 0.481 e. The Morgan fingerprint density at radius 1 is 1.20 bits per heavy atom. The van der Waals surface area contributed by atoms with Crippen LogP contribution < -0.4 is 5.32 Å². The van der Waals surface area contributed by atoms with E-state index in [-0.39, 0.29) is 29.9 Å². The van der Waals surface area contributed by atoms with Gasteiger partial charge in [-0.25, -0.2) is 0 Å². The molecular formula is C15H25NO4. The van der Waals surface area contributed by atoms with E-state index in [0.717, 1.165) is 44.9 Å². The first kappa shape index (κ1) is 15.3. The summed E-state index contributed by atoms with van der Waals surface area (Å²) in [7, 11) is 1.69. The Balaban J connectivity index is 1.84. The Labute approximate surface area is 120 Å². The third-order valence-electron chi connectivity index (χ3n) is 4.77. The zero-order chi connectivity index (χ0) is 14.6. The fourth-order valence-corrected chi connectivity index (χ4v) is 3.53. The predicted molar refractivity (Wildman–Crippen MR) is 74.3 cm³/mol. The second-order valence-electron chi connectivity index (χ2n) is 6.40. The quantitative estimate of drug-likeness (QED) is 0.782. The van der Waals surface area contributed by atoms with Gasteiger partial charge < -0.3 is 15.2 Å². The topological polar surface area (TPSA) is 75.6 Å². The number of amides is 1. The lowest BCUT2D eigenvalue weighted by molar-refractivity contribution is -0.141. The number of nitrogens with one attached hydrogen (secondary N) is 1. The molecule has 20 heavy (non-hydrogen) atoms. The molecule has 0 radical (unpaired) electrons. The van der Waals surface area contributed by atoms with Crippen molar-refractivity contribution >= 4 is 11.9 Å². The van der Waals surface area contributed by atoms with E-state index in [1.54, 1.807) is 7.11 Å². The molecule has 0 saturated heterocycles. The molecule has 2 aliphatic rings. The van der Waals surface area contributed by atoms with Crippen LogP contribution in [0.4, 0.5) is 0 Å². The van der Waals surface area contributed by atoms with Crippen LogP contribution in [0.25, 0.3) is 0 Å². The SMILES string of the molecule is COC1CC(NC(=O)CC2(CC(=O)O)CCCCC2)C1. The summed E-state index contributed by atoms with van der Waals surface area (Å²) < 4.78 is 5.19. The number of ether oxygens (including phenoxy) is 1. The first-order valence-corrected chi connectivity index (χ1v) is 7.57. The molecule has 2 fully saturated rings. The summed E-state index contributed by atoms with van der Waals surface area (Å²) in [5.41, 5.74) is -0.321. The zero-order valence-electron chi connectivity index (χ0n) is 12.2. The normalized spacial score (nSPS) is 28.4. The highest BCUT2D eigenvalue weighted by atomic mass is 16.5. The lowest BCUT2D eigenvalue weighted by Crippen LogP contribution is -2.48. The standard InChI is InChI=1S/C15H25NO4/c1-20-12-7-11(8-12)16-13(17)9-15(10-14(18)19)5-3-2-4-6-15/h11-12H,2-10H2,1H3,(H,16,17)(H,18,19). The molecule has 0 aromatic rings. The molecule has 0 aromatic heterocycles. The minimum atomic E-state index is -0.789. The molecule has 0 atom stereocenters. The molecule has 5 heteroatoms. The van der Waals surface area contributed by atoms with Crippen molar-refractivity contribution < 1.29 is 19.4 Å². The van der Waals surface area contributed by atoms with Crippen LogP contribution in [0.2, 0.25) is 0 Å². The smallest absolute Gasteiger partial charge is 0.303 e. The van der Waals surface area contributed by atoms with E-state index in [9.17, 15) is 9.59 Å². The molecule has 114 valence electrons. The van der Waals surface area contributed by atoms with Crippen LogP contribution in [0.15, 0.2) is 0 Å². The van der Waals surface area contributed by atoms with Crippen molar-refractivity contribution in [2.45, 2.75) is 69.9 Å². The summed E-state index contributed by atoms with van der Waals surface area (Å²) in [5, 5.41) is 12.1. The number of hydrogen-bond donors (Lipinski definition) is 2. The lowest BCUT2D eigenvalue weighted by atomic mass is 9.69. The number of rotatable bonds is 6. The van der Waals surface area contributed by atoms with Gasteiger partial charge in [-0.1, -0.05) is 19.3 Å². The molecule has 0 spiro atoms. The van der Waals surface area contributed by atoms with E-state index in [1.165, 1.54) is 0 Å². The third-order valence-corrected chi connectivity index (χ3v) is 4.77. The Kier molecular flexibility index (Phi) is 5.02. The number of hydrogen-bond acceptors (Lipinski definition) is 3. The summed E-state index contributed by atoms with van der Waals surface area (Å²) in [6, 6.07) is 0.206. The monoisotopic (exact) mass is 283 g/mol. The van der Waals surface area contributed by atoms with E-state index < -0.39 is 5.97 Å². The second-order valence-corrected chi connectivity index (χ2v) is 6.40. The van der Waals surface area contributed by atoms with Crippen LogP contribution in [0.3, 0.4) is 0 Å². The van der Waals surface area contributed by atoms with Gasteiger partial charge in [0.05, 0.1) is 12.5 Å². The molecule has 2 saturated carbocycles. The molecule has 0 bridgehead atoms. The number of carboxylic acid groups (broad SMARTS) is 1. The Morgan fingerprint density at radius 2 is 1.85 bits per heavy atom. The van der Waals surface area contributed by atoms with Gasteiger partial charge in [0.2, 0.25) is 5.91 Å². The van der Waals surface area contributed by atoms with Crippen molar-refractivity contribution in [3.63, 3.8) is 0 Å². The molecular weight excluding hydrogens is 258 g/mol. The summed E-state index contributed by atoms with van der Waals surface area (Å²) in [4.78, 5) is 23.2. The molecule has 5 nitrogen and oxygen atoms in total. The number of methoxy groups -OCH3 is 1. The molecule has 0 aromatic carbocycles. The zero-order valence-corrected chi connectivity index (χ0v) is 12.2. The molecule has 0 aliphatic heterocycles. The number of carboxylic acids is 1. The highest BCUT2D eigenvalue weighted by Gasteiger charge is 2.38. The lowest BCUT2D eigenvalue weighted by Gasteiger charge is -2.38. The van der Waals surface area contributed by atoms with Crippen molar-refractivity contribution in [3.05, 3.63) is 0 Å². The minimum Gasteiger partial charge on any atom is -0.481 e. The Bertz CT molecular complexity index is 357. The van der Waals surface area contributed by atoms with E-state index in [2.05, 4.69) is 5.32 Å². The summed E-state index contributed by atoms with van der Waals surface area (Å²) >= 11 is 0. The maximum Gasteiger partial charge on any atom is 0.303 e. The van der Waals surface area contributed by atoms with Crippen LogP contribution in [0, 0.1) is 5.41 Å². The molecule has 2 aliphatic carbocycles. The first-order valence-electron chi connectivity index (χ1n) is 7.57. The molecule has 1 amide bonds. The van der Waals surface area contributed by atoms with Crippen molar-refractivity contribution in [2.24, 2.45) is 5.41 Å². The highest BCUT2D eigenvalue weighted by Crippen LogP contribution is 2.42. The van der Waals surface area contributed by atoms with Crippen LogP contribution in [0.5, 0.6) is 0 Å². The van der Waals surface area contributed by atoms with Crippen molar-refractivity contribution in [1.82, 2.24) is 5.32 Å². The predicted octanol–water partition coefficient (Wildman–Crippen LogP) is 2.10. The van der Waals surface area contributed by atoms with Crippen LogP contribution >= 0.6 is 0 Å².